The molecule has 0 spiro atoms. The number of aliphatic hydroxyl groups excluding tert-OH is 3. The van der Waals surface area contributed by atoms with Crippen LogP contribution in [-0.4, -0.2) is 52.8 Å². The van der Waals surface area contributed by atoms with E-state index in [0.717, 1.165) is 24.3 Å². The van der Waals surface area contributed by atoms with Crippen molar-refractivity contribution in [2.45, 2.75) is 37.2 Å². The van der Waals surface area contributed by atoms with E-state index in [-0.39, 0.29) is 6.04 Å². The number of aliphatic hydroxyl groups is 3. The maximum Gasteiger partial charge on any atom is 0.143 e. The van der Waals surface area contributed by atoms with Gasteiger partial charge in [0.1, 0.15) is 30.9 Å². The SMILES string of the molecule is O[C@H]1[C@@H]2[C@H](O)CCC[NH+]2C[C@H]1O. The summed E-state index contributed by atoms with van der Waals surface area (Å²) >= 11 is 0. The average Bonchev–Trinajstić information content (AvgIpc) is 2.29. The van der Waals surface area contributed by atoms with Crippen LogP contribution in [0.3, 0.4) is 0 Å². The molecule has 0 saturated carbocycles. The lowest BCUT2D eigenvalue weighted by Gasteiger charge is -2.31. The highest BCUT2D eigenvalue weighted by atomic mass is 16.3. The van der Waals surface area contributed by atoms with Crippen LogP contribution >= 0.6 is 0 Å². The molecule has 2 rings (SSSR count). The molecule has 4 nitrogen and oxygen atoms in total. The van der Waals surface area contributed by atoms with Crippen molar-refractivity contribution in [3.63, 3.8) is 0 Å². The lowest BCUT2D eigenvalue weighted by atomic mass is 9.97. The van der Waals surface area contributed by atoms with E-state index in [0.29, 0.717) is 6.54 Å². The Morgan fingerprint density at radius 2 is 1.83 bits per heavy atom. The smallest absolute Gasteiger partial charge is 0.143 e. The Morgan fingerprint density at radius 3 is 2.50 bits per heavy atom. The summed E-state index contributed by atoms with van der Waals surface area (Å²) in [5.74, 6) is 0. The van der Waals surface area contributed by atoms with E-state index in [4.69, 9.17) is 0 Å². The summed E-state index contributed by atoms with van der Waals surface area (Å²) in [4.78, 5) is 1.16. The predicted molar refractivity (Wildman–Crippen MR) is 41.7 cm³/mol. The first kappa shape index (κ1) is 8.44. The quantitative estimate of drug-likeness (QED) is 0.319. The molecule has 70 valence electrons. The molecule has 4 heteroatoms. The van der Waals surface area contributed by atoms with Gasteiger partial charge in [-0.1, -0.05) is 0 Å². The molecule has 0 aliphatic carbocycles. The zero-order valence-corrected chi connectivity index (χ0v) is 6.98. The standard InChI is InChI=1S/C8H15NO3/c10-5-2-1-3-9-4-6(11)8(12)7(5)9/h5-8,10-12H,1-4H2/p+1/t5-,6-,7+,8-/m1/s1. The van der Waals surface area contributed by atoms with E-state index < -0.39 is 18.3 Å². The number of fused-ring (bicyclic) bond motifs is 1. The number of rotatable bonds is 0. The van der Waals surface area contributed by atoms with Gasteiger partial charge in [0, 0.05) is 0 Å². The minimum absolute atomic E-state index is 0.145. The monoisotopic (exact) mass is 174 g/mol. The van der Waals surface area contributed by atoms with E-state index >= 15 is 0 Å². The van der Waals surface area contributed by atoms with E-state index in [9.17, 15) is 15.3 Å². The van der Waals surface area contributed by atoms with Gasteiger partial charge < -0.3 is 20.2 Å². The highest BCUT2D eigenvalue weighted by Crippen LogP contribution is 2.14. The topological polar surface area (TPSA) is 65.1 Å². The third kappa shape index (κ3) is 1.15. The zero-order valence-electron chi connectivity index (χ0n) is 6.98. The van der Waals surface area contributed by atoms with Crippen molar-refractivity contribution in [1.82, 2.24) is 0 Å². The van der Waals surface area contributed by atoms with E-state index in [1.54, 1.807) is 0 Å². The second-order valence-electron chi connectivity index (χ2n) is 3.91. The van der Waals surface area contributed by atoms with Gasteiger partial charge in [0.25, 0.3) is 0 Å². The van der Waals surface area contributed by atoms with Crippen LogP contribution in [0, 0.1) is 0 Å². The molecular formula is C8H16NO3+. The van der Waals surface area contributed by atoms with Gasteiger partial charge in [0.2, 0.25) is 0 Å². The van der Waals surface area contributed by atoms with Gasteiger partial charge >= 0.3 is 0 Å². The van der Waals surface area contributed by atoms with E-state index in [2.05, 4.69) is 0 Å². The third-order valence-corrected chi connectivity index (χ3v) is 3.12. The summed E-state index contributed by atoms with van der Waals surface area (Å²) in [6.45, 7) is 1.55. The molecule has 2 aliphatic heterocycles. The molecule has 0 radical (unpaired) electrons. The van der Waals surface area contributed by atoms with Crippen molar-refractivity contribution in [2.75, 3.05) is 13.1 Å². The van der Waals surface area contributed by atoms with Crippen LogP contribution in [0.15, 0.2) is 0 Å². The van der Waals surface area contributed by atoms with Crippen LogP contribution in [0.25, 0.3) is 0 Å². The lowest BCUT2D eigenvalue weighted by molar-refractivity contribution is -0.924. The van der Waals surface area contributed by atoms with E-state index in [1.165, 1.54) is 0 Å². The van der Waals surface area contributed by atoms with Crippen molar-refractivity contribution in [3.8, 4) is 0 Å². The molecule has 0 aromatic carbocycles. The van der Waals surface area contributed by atoms with Crippen LogP contribution in [0.1, 0.15) is 12.8 Å². The molecule has 5 atom stereocenters. The van der Waals surface area contributed by atoms with Crippen LogP contribution in [-0.2, 0) is 0 Å². The van der Waals surface area contributed by atoms with Crippen molar-refractivity contribution in [2.24, 2.45) is 0 Å². The van der Waals surface area contributed by atoms with Crippen LogP contribution < -0.4 is 4.90 Å². The van der Waals surface area contributed by atoms with Crippen LogP contribution in [0.4, 0.5) is 0 Å². The summed E-state index contributed by atoms with van der Waals surface area (Å²) in [6.07, 6.45) is -0.0429. The maximum atomic E-state index is 9.58. The fraction of sp³-hybridized carbons (Fsp3) is 1.00. The molecule has 0 aromatic rings. The normalized spacial score (nSPS) is 53.8. The number of quaternary nitrogens is 1. The van der Waals surface area contributed by atoms with Gasteiger partial charge in [-0.2, -0.15) is 0 Å². The number of hydrogen-bond acceptors (Lipinski definition) is 3. The first-order valence-corrected chi connectivity index (χ1v) is 4.59. The number of piperidine rings is 1. The molecule has 2 heterocycles. The Labute approximate surface area is 71.4 Å². The molecule has 2 fully saturated rings. The van der Waals surface area contributed by atoms with Gasteiger partial charge in [-0.25, -0.2) is 0 Å². The first-order chi connectivity index (χ1) is 5.70. The molecule has 2 saturated heterocycles. The average molecular weight is 174 g/mol. The Bertz CT molecular complexity index is 176. The van der Waals surface area contributed by atoms with Crippen molar-refractivity contribution in [1.29, 1.82) is 0 Å². The van der Waals surface area contributed by atoms with Crippen molar-refractivity contribution < 1.29 is 20.2 Å². The van der Waals surface area contributed by atoms with Gasteiger partial charge in [0.05, 0.1) is 6.54 Å². The van der Waals surface area contributed by atoms with Gasteiger partial charge in [-0.05, 0) is 12.8 Å². The number of hydrogen-bond donors (Lipinski definition) is 4. The molecule has 0 amide bonds. The number of nitrogens with one attached hydrogen (secondary N) is 1. The predicted octanol–water partition coefficient (Wildman–Crippen LogP) is -2.87. The van der Waals surface area contributed by atoms with Crippen LogP contribution in [0.2, 0.25) is 0 Å². The van der Waals surface area contributed by atoms with Gasteiger partial charge in [0.15, 0.2) is 0 Å². The first-order valence-electron chi connectivity index (χ1n) is 4.59. The largest absolute Gasteiger partial charge is 0.387 e. The van der Waals surface area contributed by atoms with Gasteiger partial charge in [-0.3, -0.25) is 0 Å². The Balaban J connectivity index is 2.12. The zero-order chi connectivity index (χ0) is 8.72. The third-order valence-electron chi connectivity index (χ3n) is 3.12. The summed E-state index contributed by atoms with van der Waals surface area (Å²) in [7, 11) is 0. The second-order valence-corrected chi connectivity index (χ2v) is 3.91. The summed E-state index contributed by atoms with van der Waals surface area (Å²) in [5.41, 5.74) is 0. The highest BCUT2D eigenvalue weighted by molar-refractivity contribution is 4.87. The molecule has 0 bridgehead atoms. The lowest BCUT2D eigenvalue weighted by Crippen LogP contribution is -3.16. The molecule has 12 heavy (non-hydrogen) atoms. The Hall–Kier alpha value is -0.160. The summed E-state index contributed by atoms with van der Waals surface area (Å²) in [6, 6.07) is -0.145. The minimum Gasteiger partial charge on any atom is -0.387 e. The highest BCUT2D eigenvalue weighted by Gasteiger charge is 2.49. The molecular weight excluding hydrogens is 158 g/mol. The van der Waals surface area contributed by atoms with E-state index in [1.807, 2.05) is 0 Å². The fourth-order valence-electron chi connectivity index (χ4n) is 2.49. The Kier molecular flexibility index (Phi) is 2.08. The molecule has 2 aliphatic rings. The minimum atomic E-state index is -0.727. The van der Waals surface area contributed by atoms with Gasteiger partial charge in [-0.15, -0.1) is 0 Å². The Morgan fingerprint density at radius 1 is 1.08 bits per heavy atom. The molecule has 0 aromatic heterocycles. The van der Waals surface area contributed by atoms with Crippen molar-refractivity contribution in [3.05, 3.63) is 0 Å². The summed E-state index contributed by atoms with van der Waals surface area (Å²) < 4.78 is 0. The maximum absolute atomic E-state index is 9.58. The summed E-state index contributed by atoms with van der Waals surface area (Å²) in [5, 5.41) is 28.5. The molecule has 4 N–H and O–H groups in total. The fourth-order valence-corrected chi connectivity index (χ4v) is 2.49. The van der Waals surface area contributed by atoms with Crippen LogP contribution in [0.5, 0.6) is 0 Å². The van der Waals surface area contributed by atoms with Crippen molar-refractivity contribution >= 4 is 0 Å². The second kappa shape index (κ2) is 2.96. The molecule has 1 unspecified atom stereocenters.